The second-order valence-corrected chi connectivity index (χ2v) is 9.69. The number of ether oxygens (including phenoxy) is 1. The van der Waals surface area contributed by atoms with Crippen LogP contribution in [-0.4, -0.2) is 34.6 Å². The fraction of sp³-hybridized carbons (Fsp3) is 0.696. The molecule has 6 heteroatoms. The maximum atomic E-state index is 13.2. The molecule has 6 atom stereocenters. The minimum atomic E-state index is -0.0903. The summed E-state index contributed by atoms with van der Waals surface area (Å²) in [6, 6.07) is 0.241. The zero-order chi connectivity index (χ0) is 20.5. The van der Waals surface area contributed by atoms with Crippen molar-refractivity contribution in [3.63, 3.8) is 0 Å². The molecule has 0 saturated heterocycles. The molecular formula is C23H33N3O3. The summed E-state index contributed by atoms with van der Waals surface area (Å²) in [5, 5.41) is 7.71. The molecule has 0 spiro atoms. The lowest BCUT2D eigenvalue weighted by molar-refractivity contribution is -0.104. The number of hydrogen-bond donors (Lipinski definition) is 1. The predicted octanol–water partition coefficient (Wildman–Crippen LogP) is 3.47. The number of amides is 1. The predicted molar refractivity (Wildman–Crippen MR) is 111 cm³/mol. The SMILES string of the molecule is CC(C)COc1c(C(=O)NC2C(C)CC3CC4CC2C4C3)cnn1C/C=C/C=O. The molecule has 6 nitrogen and oxygen atoms in total. The van der Waals surface area contributed by atoms with Gasteiger partial charge in [0.2, 0.25) is 5.88 Å². The van der Waals surface area contributed by atoms with Gasteiger partial charge in [-0.2, -0.15) is 5.10 Å². The van der Waals surface area contributed by atoms with E-state index in [9.17, 15) is 9.59 Å². The van der Waals surface area contributed by atoms with Crippen LogP contribution in [0.2, 0.25) is 0 Å². The largest absolute Gasteiger partial charge is 0.477 e. The highest BCUT2D eigenvalue weighted by atomic mass is 16.5. The zero-order valence-electron chi connectivity index (χ0n) is 17.7. The first-order valence-electron chi connectivity index (χ1n) is 11.1. The second kappa shape index (κ2) is 8.33. The molecule has 158 valence electrons. The van der Waals surface area contributed by atoms with E-state index in [1.165, 1.54) is 31.8 Å². The van der Waals surface area contributed by atoms with E-state index >= 15 is 0 Å². The Kier molecular flexibility index (Phi) is 5.79. The fourth-order valence-corrected chi connectivity index (χ4v) is 5.85. The number of nitrogens with zero attached hydrogens (tertiary/aromatic N) is 2. The van der Waals surface area contributed by atoms with Crippen LogP contribution in [0.25, 0.3) is 0 Å². The van der Waals surface area contributed by atoms with Crippen LogP contribution < -0.4 is 10.1 Å². The lowest BCUT2D eigenvalue weighted by atomic mass is 9.61. The molecule has 3 aliphatic rings. The highest BCUT2D eigenvalue weighted by Gasteiger charge is 2.54. The molecule has 6 unspecified atom stereocenters. The van der Waals surface area contributed by atoms with Crippen molar-refractivity contribution in [1.82, 2.24) is 15.1 Å². The van der Waals surface area contributed by atoms with Crippen LogP contribution in [0.4, 0.5) is 0 Å². The van der Waals surface area contributed by atoms with Crippen LogP contribution >= 0.6 is 0 Å². The van der Waals surface area contributed by atoms with E-state index in [1.54, 1.807) is 17.0 Å². The Morgan fingerprint density at radius 2 is 2.14 bits per heavy atom. The van der Waals surface area contributed by atoms with E-state index < -0.39 is 0 Å². The summed E-state index contributed by atoms with van der Waals surface area (Å²) in [6.07, 6.45) is 10.7. The van der Waals surface area contributed by atoms with Gasteiger partial charge in [-0.05, 0) is 67.3 Å². The van der Waals surface area contributed by atoms with Crippen molar-refractivity contribution in [3.05, 3.63) is 23.9 Å². The van der Waals surface area contributed by atoms with Gasteiger partial charge in [0.15, 0.2) is 0 Å². The molecule has 1 aromatic rings. The van der Waals surface area contributed by atoms with E-state index in [-0.39, 0.29) is 11.9 Å². The number of rotatable bonds is 8. The number of nitrogens with one attached hydrogen (secondary N) is 1. The number of carbonyl (C=O) groups excluding carboxylic acids is 2. The monoisotopic (exact) mass is 399 g/mol. The summed E-state index contributed by atoms with van der Waals surface area (Å²) < 4.78 is 7.61. The first-order valence-corrected chi connectivity index (χ1v) is 11.1. The molecule has 1 heterocycles. The van der Waals surface area contributed by atoms with Gasteiger partial charge in [0.1, 0.15) is 11.8 Å². The summed E-state index contributed by atoms with van der Waals surface area (Å²) in [4.78, 5) is 23.8. The number of aldehydes is 1. The van der Waals surface area contributed by atoms with Crippen molar-refractivity contribution in [2.45, 2.75) is 59.0 Å². The quantitative estimate of drug-likeness (QED) is 0.537. The third kappa shape index (κ3) is 3.99. The van der Waals surface area contributed by atoms with Gasteiger partial charge in [0.25, 0.3) is 5.91 Å². The molecule has 29 heavy (non-hydrogen) atoms. The van der Waals surface area contributed by atoms with Crippen LogP contribution in [-0.2, 0) is 11.3 Å². The highest BCUT2D eigenvalue weighted by Crippen LogP contribution is 2.59. The molecule has 0 aromatic carbocycles. The van der Waals surface area contributed by atoms with Gasteiger partial charge < -0.3 is 10.1 Å². The summed E-state index contributed by atoms with van der Waals surface area (Å²) in [5.41, 5.74) is 0.489. The van der Waals surface area contributed by atoms with Crippen molar-refractivity contribution in [1.29, 1.82) is 0 Å². The zero-order valence-corrected chi connectivity index (χ0v) is 17.7. The Morgan fingerprint density at radius 1 is 1.31 bits per heavy atom. The minimum absolute atomic E-state index is 0.0903. The Morgan fingerprint density at radius 3 is 2.90 bits per heavy atom. The van der Waals surface area contributed by atoms with E-state index in [4.69, 9.17) is 4.74 Å². The number of aromatic nitrogens is 2. The Labute approximate surface area is 173 Å². The molecule has 1 N–H and O–H groups in total. The average molecular weight is 400 g/mol. The standard InChI is InChI=1S/C23H33N3O3/c1-14(2)13-29-23-20(12-24-26(23)6-4-5-7-27)22(28)25-21-15(3)8-16-9-17-11-19(21)18(17)10-16/h4-5,7,12,14-19,21H,6,8-11,13H2,1-3H3,(H,25,28)/b5-4+. The molecule has 1 aromatic heterocycles. The van der Waals surface area contributed by atoms with E-state index in [0.29, 0.717) is 42.3 Å². The highest BCUT2D eigenvalue weighted by molar-refractivity contribution is 5.96. The number of allylic oxidation sites excluding steroid dienone is 2. The molecule has 1 amide bonds. The summed E-state index contributed by atoms with van der Waals surface area (Å²) in [6.45, 7) is 7.34. The van der Waals surface area contributed by atoms with Gasteiger partial charge in [0.05, 0.1) is 19.3 Å². The Bertz CT molecular complexity index is 784. The molecule has 0 aliphatic heterocycles. The molecule has 4 rings (SSSR count). The topological polar surface area (TPSA) is 73.2 Å². The van der Waals surface area contributed by atoms with Gasteiger partial charge in [0, 0.05) is 6.04 Å². The van der Waals surface area contributed by atoms with Gasteiger partial charge >= 0.3 is 0 Å². The Hall–Kier alpha value is -2.11. The molecule has 0 radical (unpaired) electrons. The van der Waals surface area contributed by atoms with Gasteiger partial charge in [-0.15, -0.1) is 0 Å². The van der Waals surface area contributed by atoms with Crippen LogP contribution in [0.3, 0.4) is 0 Å². The molecular weight excluding hydrogens is 366 g/mol. The van der Waals surface area contributed by atoms with Gasteiger partial charge in [-0.25, -0.2) is 4.68 Å². The van der Waals surface area contributed by atoms with Gasteiger partial charge in [-0.1, -0.05) is 26.8 Å². The lowest BCUT2D eigenvalue weighted by Gasteiger charge is -2.47. The van der Waals surface area contributed by atoms with E-state index in [0.717, 1.165) is 24.0 Å². The molecule has 3 saturated carbocycles. The van der Waals surface area contributed by atoms with Crippen LogP contribution in [0.1, 0.15) is 56.8 Å². The third-order valence-corrected chi connectivity index (χ3v) is 7.13. The summed E-state index contributed by atoms with van der Waals surface area (Å²) >= 11 is 0. The number of hydrogen-bond acceptors (Lipinski definition) is 4. The minimum Gasteiger partial charge on any atom is -0.477 e. The smallest absolute Gasteiger partial charge is 0.258 e. The second-order valence-electron chi connectivity index (χ2n) is 9.69. The number of carbonyl (C=O) groups is 2. The number of fused-ring (bicyclic) bond motifs is 1. The first kappa shape index (κ1) is 20.2. The van der Waals surface area contributed by atoms with E-state index in [2.05, 4.69) is 31.2 Å². The van der Waals surface area contributed by atoms with Crippen molar-refractivity contribution in [3.8, 4) is 5.88 Å². The van der Waals surface area contributed by atoms with Crippen LogP contribution in [0, 0.1) is 35.5 Å². The summed E-state index contributed by atoms with van der Waals surface area (Å²) in [5.74, 6) is 4.42. The molecule has 2 bridgehead atoms. The fourth-order valence-electron chi connectivity index (χ4n) is 5.85. The van der Waals surface area contributed by atoms with Gasteiger partial charge in [-0.3, -0.25) is 9.59 Å². The third-order valence-electron chi connectivity index (χ3n) is 7.13. The van der Waals surface area contributed by atoms with Crippen LogP contribution in [0.15, 0.2) is 18.3 Å². The van der Waals surface area contributed by atoms with Crippen LogP contribution in [0.5, 0.6) is 5.88 Å². The first-order chi connectivity index (χ1) is 14.0. The normalized spacial score (nSPS) is 32.8. The lowest BCUT2D eigenvalue weighted by Crippen LogP contribution is -2.52. The van der Waals surface area contributed by atoms with Crippen molar-refractivity contribution in [2.24, 2.45) is 35.5 Å². The molecule has 3 fully saturated rings. The van der Waals surface area contributed by atoms with Crippen molar-refractivity contribution in [2.75, 3.05) is 6.61 Å². The Balaban J connectivity index is 1.51. The summed E-state index contributed by atoms with van der Waals surface area (Å²) in [7, 11) is 0. The van der Waals surface area contributed by atoms with Crippen molar-refractivity contribution < 1.29 is 14.3 Å². The maximum absolute atomic E-state index is 13.2. The maximum Gasteiger partial charge on any atom is 0.258 e. The molecule has 3 aliphatic carbocycles. The average Bonchev–Trinajstić information content (AvgIpc) is 3.18. The van der Waals surface area contributed by atoms with E-state index in [1.807, 2.05) is 0 Å². The van der Waals surface area contributed by atoms with Crippen molar-refractivity contribution >= 4 is 12.2 Å².